The van der Waals surface area contributed by atoms with Gasteiger partial charge < -0.3 is 81.7 Å². The first-order chi connectivity index (χ1) is 53.0. The Kier molecular flexibility index (Phi) is 25.5. The molecule has 28 nitrogen and oxygen atoms in total. The van der Waals surface area contributed by atoms with Gasteiger partial charge in [-0.05, 0) is 49.6 Å². The van der Waals surface area contributed by atoms with Gasteiger partial charge in [0.1, 0.15) is 96.7 Å². The fraction of sp³-hybridized carbons (Fsp3) is 0.392. The van der Waals surface area contributed by atoms with Crippen molar-refractivity contribution in [3.63, 3.8) is 0 Å². The number of fused-ring (bicyclic) bond motifs is 23. The van der Waals surface area contributed by atoms with E-state index in [4.69, 9.17) is 96.3 Å². The Bertz CT molecular complexity index is 5120. The van der Waals surface area contributed by atoms with Gasteiger partial charge in [0, 0.05) is 117 Å². The Balaban J connectivity index is 0.953. The summed E-state index contributed by atoms with van der Waals surface area (Å²) >= 11 is 1.70. The number of alkyl carbamates (subject to hydrolysis) is 1. The normalized spacial score (nSPS) is 12.6. The third-order valence-electron chi connectivity index (χ3n) is 18.3. The Morgan fingerprint density at radius 2 is 0.796 bits per heavy atom. The number of methoxy groups -OCH3 is 6. The van der Waals surface area contributed by atoms with Crippen LogP contribution in [0.4, 0.5) is 4.79 Å². The summed E-state index contributed by atoms with van der Waals surface area (Å²) in [5.41, 5.74) is 3.60. The summed E-state index contributed by atoms with van der Waals surface area (Å²) in [6.07, 6.45) is 4.59. The quantitative estimate of drug-likeness (QED) is 0.0183. The molecule has 3 aliphatic heterocycles. The third kappa shape index (κ3) is 16.6. The molecular weight excluding hydrogens is 1410 g/mol. The molecule has 0 unspecified atom stereocenters. The van der Waals surface area contributed by atoms with Crippen LogP contribution >= 0.6 is 11.8 Å². The number of carbonyl (C=O) groups is 4. The number of aromatic nitrogens is 8. The molecule has 0 saturated carbocycles. The highest BCUT2D eigenvalue weighted by molar-refractivity contribution is 7.99. The highest BCUT2D eigenvalue weighted by Gasteiger charge is 2.36. The van der Waals surface area contributed by atoms with Crippen molar-refractivity contribution in [2.75, 3.05) is 141 Å². The monoisotopic (exact) mass is 1490 g/mol. The van der Waals surface area contributed by atoms with E-state index in [2.05, 4.69) is 27.4 Å². The lowest BCUT2D eigenvalue weighted by atomic mass is 9.98. The number of unbranched alkanes of at least 4 members (excludes halogenated alkanes) is 5. The maximum atomic E-state index is 12.5. The first-order valence-electron chi connectivity index (χ1n) is 36.1. The molecule has 3 aliphatic rings. The van der Waals surface area contributed by atoms with E-state index in [1.54, 1.807) is 54.4 Å². The van der Waals surface area contributed by atoms with Gasteiger partial charge in [-0.2, -0.15) is 0 Å². The Hall–Kier alpha value is -10.5. The number of nitrogens with zero attached hydrogens (tertiary/aromatic N) is 7. The molecule has 6 heterocycles. The van der Waals surface area contributed by atoms with Crippen LogP contribution in [0.25, 0.3) is 122 Å². The van der Waals surface area contributed by atoms with Crippen LogP contribution in [0, 0.1) is 0 Å². The van der Waals surface area contributed by atoms with Gasteiger partial charge in [0.15, 0.2) is 23.3 Å². The minimum Gasteiger partial charge on any atom is -0.490 e. The minimum atomic E-state index is -0.645. The van der Waals surface area contributed by atoms with E-state index in [0.717, 1.165) is 51.5 Å². The third-order valence-corrected chi connectivity index (χ3v) is 19.3. The molecule has 8 bridgehead atoms. The van der Waals surface area contributed by atoms with Crippen molar-refractivity contribution in [1.29, 1.82) is 0 Å². The summed E-state index contributed by atoms with van der Waals surface area (Å²) in [4.78, 5) is 94.9. The molecule has 566 valence electrons. The Labute approximate surface area is 626 Å². The fourth-order valence-electron chi connectivity index (χ4n) is 13.2. The van der Waals surface area contributed by atoms with E-state index >= 15 is 0 Å². The fourth-order valence-corrected chi connectivity index (χ4v) is 14.2. The van der Waals surface area contributed by atoms with Gasteiger partial charge in [0.2, 0.25) is 0 Å². The van der Waals surface area contributed by atoms with Crippen LogP contribution < -0.4 is 33.7 Å². The summed E-state index contributed by atoms with van der Waals surface area (Å²) in [7, 11) is 9.74. The summed E-state index contributed by atoms with van der Waals surface area (Å²) in [5, 5.41) is 9.79. The number of nitrogens with one attached hydrogen (secondary N) is 3. The van der Waals surface area contributed by atoms with Crippen LogP contribution in [-0.2, 0) is 52.4 Å². The maximum Gasteiger partial charge on any atom is 0.407 e. The molecule has 13 rings (SSSR count). The standard InChI is InChI=1S/C79H86N10O18S/c1-94-33-39-100-65-48-20-11-13-22-50(48)67(102-41-35-96-3)61-59(65)73-82-71-54-28-27-47(108-45-19-8-7-18-32-106-79(93)80-31-17-9-10-26-58(92)107-89-56(90)29-30-57(89)91)46-55(54)72(81-71)83-74-60-62(68(103-42-36-97-4)51-23-14-12-21-49(51)66(60)101-40-34-95-2)76(85-74)87-78-64-63(77(88-78)86-75(61)84-73)69(104-43-37-98-5)52-24-15-16-25-53(52)70(64)105-44-38-99-6/h11-16,20-25,27-28,46H,7-10,17-19,26,29-45H2,1-6H3,(H,80,93)(H2,81,82,83,84,85,86,87,88). The van der Waals surface area contributed by atoms with Crippen molar-refractivity contribution in [3.8, 4) is 80.0 Å². The number of H-pyrrole nitrogens is 2. The van der Waals surface area contributed by atoms with E-state index in [1.165, 1.54) is 0 Å². The van der Waals surface area contributed by atoms with Crippen LogP contribution in [0.1, 0.15) is 64.2 Å². The Morgan fingerprint density at radius 3 is 1.23 bits per heavy atom. The summed E-state index contributed by atoms with van der Waals surface area (Å²) in [5.74, 6) is 2.98. The number of thioether (sulfide) groups is 1. The molecule has 0 atom stereocenters. The van der Waals surface area contributed by atoms with Crippen molar-refractivity contribution < 1.29 is 85.6 Å². The minimum absolute atomic E-state index is 0.0356. The first-order valence-corrected chi connectivity index (χ1v) is 37.1. The van der Waals surface area contributed by atoms with Crippen molar-refractivity contribution in [2.24, 2.45) is 0 Å². The zero-order chi connectivity index (χ0) is 74.9. The highest BCUT2D eigenvalue weighted by Crippen LogP contribution is 2.54. The Morgan fingerprint density at radius 1 is 0.417 bits per heavy atom. The molecule has 108 heavy (non-hydrogen) atoms. The predicted octanol–water partition coefficient (Wildman–Crippen LogP) is 13.0. The molecule has 3 N–H and O–H groups in total. The second kappa shape index (κ2) is 36.4. The summed E-state index contributed by atoms with van der Waals surface area (Å²) < 4.78 is 80.6. The van der Waals surface area contributed by atoms with Crippen molar-refractivity contribution in [2.45, 2.75) is 69.1 Å². The molecule has 7 aromatic carbocycles. The molecule has 3 aromatic heterocycles. The summed E-state index contributed by atoms with van der Waals surface area (Å²) in [6, 6.07) is 29.7. The topological polar surface area (TPSA) is 322 Å². The van der Waals surface area contributed by atoms with Gasteiger partial charge in [-0.3, -0.25) is 9.59 Å². The second-order valence-electron chi connectivity index (χ2n) is 25.4. The molecule has 0 radical (unpaired) electrons. The molecule has 29 heteroatoms. The first kappa shape index (κ1) is 75.7. The maximum absolute atomic E-state index is 12.5. The number of rotatable bonds is 39. The molecule has 10 aromatic rings. The van der Waals surface area contributed by atoms with Crippen molar-refractivity contribution in [1.82, 2.24) is 50.3 Å². The van der Waals surface area contributed by atoms with Crippen LogP contribution in [-0.4, -0.2) is 210 Å². The lowest BCUT2D eigenvalue weighted by molar-refractivity contribution is -0.197. The SMILES string of the molecule is COCCOc1c2c(c(OCCOC)c3ccccc13)-c1nc-2nc2[nH]c(nc3nc(nc4[nH]c(n1)c1c(OCCOC)c5ccccc5c(OCCOC)c41)-c1cc(SCCCCCCOC(=O)NCCCCCC(=O)ON4C(=O)CCC4=O)ccc1-3)c1c(OCCOC)c3ccccc3c(OCCOC)c21. The van der Waals surface area contributed by atoms with E-state index in [-0.39, 0.29) is 117 Å². The van der Waals surface area contributed by atoms with Gasteiger partial charge in [0.05, 0.1) is 78.9 Å². The zero-order valence-corrected chi connectivity index (χ0v) is 62.0. The number of hydrogen-bond acceptors (Lipinski definition) is 25. The lowest BCUT2D eigenvalue weighted by Gasteiger charge is -2.18. The number of amides is 3. The number of hydroxylamine groups is 2. The molecule has 1 saturated heterocycles. The second-order valence-corrected chi connectivity index (χ2v) is 26.6. The molecule has 0 spiro atoms. The van der Waals surface area contributed by atoms with Gasteiger partial charge in [-0.1, -0.05) is 92.1 Å². The van der Waals surface area contributed by atoms with Crippen LogP contribution in [0.5, 0.6) is 34.5 Å². The van der Waals surface area contributed by atoms with E-state index in [0.29, 0.717) is 161 Å². The predicted molar refractivity (Wildman–Crippen MR) is 407 cm³/mol. The largest absolute Gasteiger partial charge is 0.490 e. The average Bonchev–Trinajstić information content (AvgIpc) is 1.56. The van der Waals surface area contributed by atoms with Gasteiger partial charge >= 0.3 is 12.1 Å². The van der Waals surface area contributed by atoms with Gasteiger partial charge in [0.25, 0.3) is 11.8 Å². The van der Waals surface area contributed by atoms with Crippen LogP contribution in [0.3, 0.4) is 0 Å². The van der Waals surface area contributed by atoms with Gasteiger partial charge in [-0.25, -0.2) is 39.5 Å². The van der Waals surface area contributed by atoms with Crippen LogP contribution in [0.15, 0.2) is 95.9 Å². The number of ether oxygens (including phenoxy) is 13. The summed E-state index contributed by atoms with van der Waals surface area (Å²) in [6.45, 7) is 3.20. The van der Waals surface area contributed by atoms with E-state index < -0.39 is 23.9 Å². The van der Waals surface area contributed by atoms with Crippen molar-refractivity contribution in [3.05, 3.63) is 91.0 Å². The van der Waals surface area contributed by atoms with E-state index in [9.17, 15) is 19.2 Å². The molecule has 1 fully saturated rings. The number of hydrogen-bond donors (Lipinski definition) is 3. The molecule has 0 aliphatic carbocycles. The van der Waals surface area contributed by atoms with E-state index in [1.807, 2.05) is 78.9 Å². The number of imide groups is 1. The molecular formula is C79H86N10O18S. The highest BCUT2D eigenvalue weighted by atomic mass is 32.2. The van der Waals surface area contributed by atoms with Crippen LogP contribution in [0.2, 0.25) is 0 Å². The smallest absolute Gasteiger partial charge is 0.407 e. The number of aromatic amines is 2. The lowest BCUT2D eigenvalue weighted by Crippen LogP contribution is -2.32. The number of benzene rings is 7. The average molecular weight is 1500 g/mol. The number of carbonyl (C=O) groups excluding carboxylic acids is 4. The molecule has 3 amide bonds. The van der Waals surface area contributed by atoms with Gasteiger partial charge in [-0.15, -0.1) is 16.8 Å². The van der Waals surface area contributed by atoms with Crippen molar-refractivity contribution >= 4 is 112 Å². The zero-order valence-electron chi connectivity index (χ0n) is 61.2.